The van der Waals surface area contributed by atoms with E-state index in [-0.39, 0.29) is 12.1 Å². The third-order valence-corrected chi connectivity index (χ3v) is 4.88. The molecule has 3 aromatic rings. The van der Waals surface area contributed by atoms with E-state index in [4.69, 9.17) is 14.0 Å². The highest BCUT2D eigenvalue weighted by atomic mass is 16.5. The monoisotopic (exact) mass is 376 g/mol. The first kappa shape index (κ1) is 18.3. The quantitative estimate of drug-likeness (QED) is 0.741. The van der Waals surface area contributed by atoms with Crippen LogP contribution in [-0.4, -0.2) is 24.9 Å². The number of hydrogen-bond donors (Lipinski definition) is 1. The van der Waals surface area contributed by atoms with Gasteiger partial charge < -0.3 is 19.3 Å². The Labute approximate surface area is 164 Å². The summed E-state index contributed by atoms with van der Waals surface area (Å²) in [5.74, 6) is 0.689. The van der Waals surface area contributed by atoms with Crippen LogP contribution in [-0.2, 0) is 15.9 Å². The normalized spacial score (nSPS) is 21.4. The van der Waals surface area contributed by atoms with Crippen molar-refractivity contribution in [3.05, 3.63) is 88.1 Å². The van der Waals surface area contributed by atoms with E-state index in [2.05, 4.69) is 34.7 Å². The third-order valence-electron chi connectivity index (χ3n) is 4.88. The van der Waals surface area contributed by atoms with Crippen molar-refractivity contribution in [3.8, 4) is 0 Å². The van der Waals surface area contributed by atoms with Crippen LogP contribution in [0, 0.1) is 6.92 Å². The Bertz CT molecular complexity index is 1030. The molecule has 5 nitrogen and oxygen atoms in total. The van der Waals surface area contributed by atoms with Gasteiger partial charge in [0.05, 0.1) is 18.3 Å². The lowest BCUT2D eigenvalue weighted by Gasteiger charge is -2.16. The predicted molar refractivity (Wildman–Crippen MR) is 108 cm³/mol. The Morgan fingerprint density at radius 2 is 1.79 bits per heavy atom. The van der Waals surface area contributed by atoms with Crippen LogP contribution in [0.1, 0.15) is 22.9 Å². The summed E-state index contributed by atoms with van der Waals surface area (Å²) in [6.07, 6.45) is 2.68. The molecule has 2 heterocycles. The Morgan fingerprint density at radius 3 is 2.50 bits per heavy atom. The van der Waals surface area contributed by atoms with Gasteiger partial charge in [-0.15, -0.1) is 0 Å². The maximum atomic E-state index is 6.34. The van der Waals surface area contributed by atoms with E-state index >= 15 is 0 Å². The molecule has 1 N–H and O–H groups in total. The second kappa shape index (κ2) is 8.31. The minimum absolute atomic E-state index is 0.0127. The first-order chi connectivity index (χ1) is 13.8. The highest BCUT2D eigenvalue weighted by Gasteiger charge is 2.34. The summed E-state index contributed by atoms with van der Waals surface area (Å²) in [6.45, 7) is 2.47. The molecule has 28 heavy (non-hydrogen) atoms. The van der Waals surface area contributed by atoms with Crippen LogP contribution in [0.15, 0.2) is 65.2 Å². The maximum absolute atomic E-state index is 6.34. The van der Waals surface area contributed by atoms with Crippen molar-refractivity contribution >= 4 is 12.0 Å². The number of rotatable bonds is 5. The minimum atomic E-state index is -0.132. The number of methoxy groups -OCH3 is 1. The fourth-order valence-corrected chi connectivity index (χ4v) is 3.50. The van der Waals surface area contributed by atoms with Gasteiger partial charge in [0.2, 0.25) is 5.88 Å². The maximum Gasteiger partial charge on any atom is 0.201 e. The number of nitrogens with one attached hydrogen (secondary N) is 1. The molecule has 0 spiro atoms. The lowest BCUT2D eigenvalue weighted by Crippen LogP contribution is -2.34. The van der Waals surface area contributed by atoms with Gasteiger partial charge in [0.25, 0.3) is 0 Å². The van der Waals surface area contributed by atoms with Crippen molar-refractivity contribution in [1.82, 2.24) is 10.5 Å². The summed E-state index contributed by atoms with van der Waals surface area (Å²) in [5, 5.41) is 8.51. The van der Waals surface area contributed by atoms with Crippen LogP contribution < -0.4 is 16.0 Å². The van der Waals surface area contributed by atoms with Crippen LogP contribution in [0.3, 0.4) is 0 Å². The van der Waals surface area contributed by atoms with Crippen LogP contribution in [0.4, 0.5) is 0 Å². The Kier molecular flexibility index (Phi) is 5.44. The van der Waals surface area contributed by atoms with E-state index in [1.807, 2.05) is 49.4 Å². The van der Waals surface area contributed by atoms with Gasteiger partial charge in [0.1, 0.15) is 11.3 Å². The number of benzene rings is 2. The molecule has 1 fully saturated rings. The standard InChI is InChI=1S/C23H24N2O3/c1-16-21(20(28-25-16)14-13-17-9-5-3-6-10-17)23-24-19(15-26-2)22(27-23)18-11-7-4-8-12-18/h3-12,14,19,22,24H,13,15H2,1-2H3/b20-14-,23-21-/t19-,22-/m0/s1. The second-order valence-electron chi connectivity index (χ2n) is 6.89. The van der Waals surface area contributed by atoms with Crippen LogP contribution in [0.2, 0.25) is 0 Å². The van der Waals surface area contributed by atoms with Crippen molar-refractivity contribution in [2.24, 2.45) is 0 Å². The number of nitrogens with zero attached hydrogens (tertiary/aromatic N) is 1. The van der Waals surface area contributed by atoms with Gasteiger partial charge in [-0.1, -0.05) is 65.8 Å². The molecule has 2 atom stereocenters. The van der Waals surface area contributed by atoms with Gasteiger partial charge in [0.15, 0.2) is 5.42 Å². The fourth-order valence-electron chi connectivity index (χ4n) is 3.50. The molecule has 1 saturated heterocycles. The third kappa shape index (κ3) is 3.80. The molecule has 1 aliphatic heterocycles. The summed E-state index contributed by atoms with van der Waals surface area (Å²) in [7, 11) is 1.70. The lowest BCUT2D eigenvalue weighted by molar-refractivity contribution is 0.118. The van der Waals surface area contributed by atoms with Crippen LogP contribution in [0.25, 0.3) is 12.0 Å². The van der Waals surface area contributed by atoms with Gasteiger partial charge in [-0.3, -0.25) is 0 Å². The van der Waals surface area contributed by atoms with E-state index in [9.17, 15) is 0 Å². The molecular formula is C23H24N2O3. The van der Waals surface area contributed by atoms with Crippen molar-refractivity contribution in [2.45, 2.75) is 25.5 Å². The number of ether oxygens (including phenoxy) is 2. The molecule has 0 unspecified atom stereocenters. The van der Waals surface area contributed by atoms with Gasteiger partial charge in [-0.25, -0.2) is 0 Å². The zero-order valence-electron chi connectivity index (χ0n) is 16.1. The molecule has 0 amide bonds. The summed E-state index contributed by atoms with van der Waals surface area (Å²) in [6, 6.07) is 20.5. The number of aryl methyl sites for hydroxylation is 1. The van der Waals surface area contributed by atoms with Crippen molar-refractivity contribution in [1.29, 1.82) is 0 Å². The molecule has 0 bridgehead atoms. The molecule has 0 radical (unpaired) electrons. The molecule has 0 aliphatic carbocycles. The first-order valence-corrected chi connectivity index (χ1v) is 9.44. The van der Waals surface area contributed by atoms with Crippen molar-refractivity contribution in [2.75, 3.05) is 13.7 Å². The molecular weight excluding hydrogens is 352 g/mol. The van der Waals surface area contributed by atoms with Gasteiger partial charge in [-0.05, 0) is 30.5 Å². The predicted octanol–water partition coefficient (Wildman–Crippen LogP) is 2.45. The molecule has 4 rings (SSSR count). The van der Waals surface area contributed by atoms with E-state index in [0.717, 1.165) is 22.9 Å². The molecule has 2 aromatic carbocycles. The fraction of sp³-hybridized carbons (Fsp3) is 0.261. The number of aromatic nitrogens is 1. The number of hydrogen-bond acceptors (Lipinski definition) is 5. The Morgan fingerprint density at radius 1 is 1.07 bits per heavy atom. The van der Waals surface area contributed by atoms with E-state index in [1.54, 1.807) is 7.11 Å². The zero-order chi connectivity index (χ0) is 19.3. The Hall–Kier alpha value is -3.05. The van der Waals surface area contributed by atoms with Gasteiger partial charge >= 0.3 is 0 Å². The smallest absolute Gasteiger partial charge is 0.201 e. The van der Waals surface area contributed by atoms with E-state index in [1.165, 1.54) is 5.56 Å². The van der Waals surface area contributed by atoms with Gasteiger partial charge in [-0.2, -0.15) is 0 Å². The van der Waals surface area contributed by atoms with Crippen molar-refractivity contribution < 1.29 is 14.0 Å². The summed E-state index contributed by atoms with van der Waals surface area (Å²) in [5.41, 5.74) is 3.84. The summed E-state index contributed by atoms with van der Waals surface area (Å²) < 4.78 is 17.3. The lowest BCUT2D eigenvalue weighted by atomic mass is 10.0. The topological polar surface area (TPSA) is 56.5 Å². The zero-order valence-corrected chi connectivity index (χ0v) is 16.1. The summed E-state index contributed by atoms with van der Waals surface area (Å²) in [4.78, 5) is 0. The van der Waals surface area contributed by atoms with E-state index in [0.29, 0.717) is 17.9 Å². The highest BCUT2D eigenvalue weighted by Crippen LogP contribution is 2.30. The SMILES string of the molecule is COC[C@@H]1N/C(=c2\c(C)no\c2=C/Cc2ccccc2)O[C@H]1c1ccccc1. The molecule has 5 heteroatoms. The molecule has 144 valence electrons. The Balaban J connectivity index is 1.72. The molecule has 1 aromatic heterocycles. The average Bonchev–Trinajstić information content (AvgIpc) is 3.31. The van der Waals surface area contributed by atoms with Gasteiger partial charge in [0, 0.05) is 7.11 Å². The molecule has 1 aliphatic rings. The average molecular weight is 376 g/mol. The molecule has 0 saturated carbocycles. The first-order valence-electron chi connectivity index (χ1n) is 9.44. The minimum Gasteiger partial charge on any atom is -0.468 e. The van der Waals surface area contributed by atoms with Crippen LogP contribution >= 0.6 is 0 Å². The highest BCUT2D eigenvalue weighted by molar-refractivity contribution is 5.43. The summed E-state index contributed by atoms with van der Waals surface area (Å²) >= 11 is 0. The van der Waals surface area contributed by atoms with E-state index < -0.39 is 0 Å². The largest absolute Gasteiger partial charge is 0.468 e. The van der Waals surface area contributed by atoms with Crippen molar-refractivity contribution in [3.63, 3.8) is 0 Å². The second-order valence-corrected chi connectivity index (χ2v) is 6.89. The van der Waals surface area contributed by atoms with Crippen LogP contribution in [0.5, 0.6) is 0 Å².